The number of rotatable bonds is 6. The molecule has 0 radical (unpaired) electrons. The fraction of sp³-hybridized carbons (Fsp3) is 0.727. The van der Waals surface area contributed by atoms with Gasteiger partial charge in [0.1, 0.15) is 12.5 Å². The van der Waals surface area contributed by atoms with Crippen molar-refractivity contribution in [3.8, 4) is 0 Å². The van der Waals surface area contributed by atoms with E-state index in [4.69, 9.17) is 5.11 Å². The second-order valence-electron chi connectivity index (χ2n) is 4.55. The summed E-state index contributed by atoms with van der Waals surface area (Å²) in [5, 5.41) is 10.9. The molecule has 0 aliphatic heterocycles. The van der Waals surface area contributed by atoms with Crippen molar-refractivity contribution in [2.75, 3.05) is 14.1 Å². The molecule has 0 aliphatic carbocycles. The lowest BCUT2D eigenvalue weighted by molar-refractivity contribution is -0.142. The molecule has 6 nitrogen and oxygen atoms in total. The minimum Gasteiger partial charge on any atom is -0.481 e. The van der Waals surface area contributed by atoms with E-state index in [0.29, 0.717) is 6.42 Å². The minimum absolute atomic E-state index is 0.225. The number of nitrogens with one attached hydrogen (secondary N) is 1. The van der Waals surface area contributed by atoms with Crippen molar-refractivity contribution in [2.24, 2.45) is 5.92 Å². The van der Waals surface area contributed by atoms with Crippen LogP contribution in [0, 0.1) is 5.92 Å². The van der Waals surface area contributed by atoms with Gasteiger partial charge in [0, 0.05) is 14.1 Å². The maximum atomic E-state index is 11.8. The first-order chi connectivity index (χ1) is 7.73. The predicted molar refractivity (Wildman–Crippen MR) is 62.3 cm³/mol. The molecule has 17 heavy (non-hydrogen) atoms. The van der Waals surface area contributed by atoms with Gasteiger partial charge in [0.15, 0.2) is 0 Å². The third-order valence-electron chi connectivity index (χ3n) is 2.09. The summed E-state index contributed by atoms with van der Waals surface area (Å²) in [6, 6.07) is -0.656. The first-order valence-electron chi connectivity index (χ1n) is 5.46. The van der Waals surface area contributed by atoms with Crippen molar-refractivity contribution in [1.29, 1.82) is 0 Å². The molecule has 2 amide bonds. The Morgan fingerprint density at radius 3 is 2.12 bits per heavy atom. The molecule has 2 N–H and O–H groups in total. The summed E-state index contributed by atoms with van der Waals surface area (Å²) in [6.07, 6.45) is -0.127. The maximum absolute atomic E-state index is 11.8. The minimum atomic E-state index is -1.21. The molecule has 0 aromatic carbocycles. The number of carbonyl (C=O) groups is 3. The molecule has 0 saturated carbocycles. The molecule has 0 aromatic rings. The summed E-state index contributed by atoms with van der Waals surface area (Å²) >= 11 is 0. The number of hydrogen-bond donors (Lipinski definition) is 2. The number of nitrogens with zero attached hydrogens (tertiary/aromatic N) is 1. The normalized spacial score (nSPS) is 12.1. The first kappa shape index (κ1) is 15.4. The zero-order valence-electron chi connectivity index (χ0n) is 10.7. The van der Waals surface area contributed by atoms with Crippen molar-refractivity contribution in [3.05, 3.63) is 0 Å². The van der Waals surface area contributed by atoms with E-state index in [1.165, 1.54) is 4.90 Å². The van der Waals surface area contributed by atoms with Crippen LogP contribution < -0.4 is 5.32 Å². The van der Waals surface area contributed by atoms with Gasteiger partial charge < -0.3 is 15.3 Å². The van der Waals surface area contributed by atoms with Gasteiger partial charge in [0.05, 0.1) is 0 Å². The van der Waals surface area contributed by atoms with Gasteiger partial charge in [-0.2, -0.15) is 0 Å². The van der Waals surface area contributed by atoms with Crippen LogP contribution in [0.5, 0.6) is 0 Å². The standard InChI is InChI=1S/C11H20N2O4/c1-7(2)5-8(11(17)13(3)4)12-9(14)6-10(15)16/h7-8H,5-6H2,1-4H3,(H,12,14)(H,15,16). The third-order valence-corrected chi connectivity index (χ3v) is 2.09. The van der Waals surface area contributed by atoms with Crippen LogP contribution >= 0.6 is 0 Å². The number of hydrogen-bond acceptors (Lipinski definition) is 3. The predicted octanol–water partition coefficient (Wildman–Crippen LogP) is 0.0802. The van der Waals surface area contributed by atoms with Gasteiger partial charge in [0.25, 0.3) is 0 Å². The van der Waals surface area contributed by atoms with Crippen LogP contribution in [-0.2, 0) is 14.4 Å². The second kappa shape index (κ2) is 6.88. The average Bonchev–Trinajstić information content (AvgIpc) is 2.13. The Morgan fingerprint density at radius 2 is 1.76 bits per heavy atom. The maximum Gasteiger partial charge on any atom is 0.312 e. The van der Waals surface area contributed by atoms with E-state index in [1.54, 1.807) is 14.1 Å². The fourth-order valence-electron chi connectivity index (χ4n) is 1.39. The second-order valence-corrected chi connectivity index (χ2v) is 4.55. The van der Waals surface area contributed by atoms with Crippen LogP contribution in [0.15, 0.2) is 0 Å². The van der Waals surface area contributed by atoms with Crippen molar-refractivity contribution in [2.45, 2.75) is 32.7 Å². The number of likely N-dealkylation sites (N-methyl/N-ethyl adjacent to an activating group) is 1. The smallest absolute Gasteiger partial charge is 0.312 e. The highest BCUT2D eigenvalue weighted by Crippen LogP contribution is 2.07. The number of carbonyl (C=O) groups excluding carboxylic acids is 2. The van der Waals surface area contributed by atoms with Crippen molar-refractivity contribution < 1.29 is 19.5 Å². The van der Waals surface area contributed by atoms with Gasteiger partial charge in [-0.05, 0) is 12.3 Å². The van der Waals surface area contributed by atoms with E-state index in [0.717, 1.165) is 0 Å². The highest BCUT2D eigenvalue weighted by Gasteiger charge is 2.23. The van der Waals surface area contributed by atoms with Crippen molar-refractivity contribution in [3.63, 3.8) is 0 Å². The van der Waals surface area contributed by atoms with Gasteiger partial charge in [0.2, 0.25) is 11.8 Å². The summed E-state index contributed by atoms with van der Waals surface area (Å²) in [5.74, 6) is -1.84. The SMILES string of the molecule is CC(C)CC(NC(=O)CC(=O)O)C(=O)N(C)C. The van der Waals surface area contributed by atoms with Crippen molar-refractivity contribution in [1.82, 2.24) is 10.2 Å². The largest absolute Gasteiger partial charge is 0.481 e. The quantitative estimate of drug-likeness (QED) is 0.648. The Labute approximate surface area is 101 Å². The summed E-state index contributed by atoms with van der Waals surface area (Å²) in [5.41, 5.74) is 0. The molecule has 1 atom stereocenters. The number of carboxylic acid groups (broad SMARTS) is 1. The molecule has 0 aromatic heterocycles. The van der Waals surface area contributed by atoms with E-state index < -0.39 is 24.3 Å². The molecule has 0 rings (SSSR count). The highest BCUT2D eigenvalue weighted by molar-refractivity contribution is 5.96. The topological polar surface area (TPSA) is 86.7 Å². The molecule has 1 unspecified atom stereocenters. The molecular weight excluding hydrogens is 224 g/mol. The molecular formula is C11H20N2O4. The van der Waals surface area contributed by atoms with E-state index in [9.17, 15) is 14.4 Å². The highest BCUT2D eigenvalue weighted by atomic mass is 16.4. The Balaban J connectivity index is 4.54. The van der Waals surface area contributed by atoms with Gasteiger partial charge in [-0.3, -0.25) is 14.4 Å². The van der Waals surface area contributed by atoms with E-state index in [2.05, 4.69) is 5.32 Å². The Bertz CT molecular complexity index is 300. The summed E-state index contributed by atoms with van der Waals surface area (Å²) in [4.78, 5) is 34.8. The molecule has 0 bridgehead atoms. The van der Waals surface area contributed by atoms with Gasteiger partial charge in [-0.25, -0.2) is 0 Å². The molecule has 6 heteroatoms. The Morgan fingerprint density at radius 1 is 1.24 bits per heavy atom. The van der Waals surface area contributed by atoms with Crippen LogP contribution in [0.25, 0.3) is 0 Å². The van der Waals surface area contributed by atoms with Gasteiger partial charge >= 0.3 is 5.97 Å². The Kier molecular flexibility index (Phi) is 6.23. The lowest BCUT2D eigenvalue weighted by Gasteiger charge is -2.22. The Hall–Kier alpha value is -1.59. The molecule has 98 valence electrons. The first-order valence-corrected chi connectivity index (χ1v) is 5.46. The molecule has 0 fully saturated rings. The zero-order chi connectivity index (χ0) is 13.6. The molecule has 0 aliphatic rings. The number of aliphatic carboxylic acids is 1. The van der Waals surface area contributed by atoms with Crippen LogP contribution in [0.4, 0.5) is 0 Å². The lowest BCUT2D eigenvalue weighted by atomic mass is 10.0. The summed E-state index contributed by atoms with van der Waals surface area (Å²) in [6.45, 7) is 3.86. The third kappa shape index (κ3) is 6.55. The van der Waals surface area contributed by atoms with Gasteiger partial charge in [-0.15, -0.1) is 0 Å². The fourth-order valence-corrected chi connectivity index (χ4v) is 1.39. The van der Waals surface area contributed by atoms with Crippen LogP contribution in [0.2, 0.25) is 0 Å². The summed E-state index contributed by atoms with van der Waals surface area (Å²) in [7, 11) is 3.19. The lowest BCUT2D eigenvalue weighted by Crippen LogP contribution is -2.47. The molecule has 0 spiro atoms. The van der Waals surface area contributed by atoms with Crippen LogP contribution in [0.3, 0.4) is 0 Å². The molecule has 0 saturated heterocycles. The average molecular weight is 244 g/mol. The van der Waals surface area contributed by atoms with Crippen LogP contribution in [-0.4, -0.2) is 47.9 Å². The number of carboxylic acids is 1. The van der Waals surface area contributed by atoms with Crippen molar-refractivity contribution >= 4 is 17.8 Å². The van der Waals surface area contributed by atoms with E-state index in [1.807, 2.05) is 13.8 Å². The van der Waals surface area contributed by atoms with Gasteiger partial charge in [-0.1, -0.05) is 13.8 Å². The van der Waals surface area contributed by atoms with E-state index in [-0.39, 0.29) is 11.8 Å². The van der Waals surface area contributed by atoms with Crippen LogP contribution in [0.1, 0.15) is 26.7 Å². The van der Waals surface area contributed by atoms with E-state index >= 15 is 0 Å². The monoisotopic (exact) mass is 244 g/mol. The molecule has 0 heterocycles. The zero-order valence-corrected chi connectivity index (χ0v) is 10.7. The summed E-state index contributed by atoms with van der Waals surface area (Å²) < 4.78 is 0. The number of amides is 2.